The lowest BCUT2D eigenvalue weighted by Crippen LogP contribution is -2.32. The minimum atomic E-state index is -0.175. The van der Waals surface area contributed by atoms with E-state index < -0.39 is 0 Å². The normalized spacial score (nSPS) is 10.5. The summed E-state index contributed by atoms with van der Waals surface area (Å²) in [4.78, 5) is 26.1. The van der Waals surface area contributed by atoms with Gasteiger partial charge in [-0.25, -0.2) is 0 Å². The molecule has 0 unspecified atom stereocenters. The molecule has 0 aliphatic rings. The van der Waals surface area contributed by atoms with Crippen LogP contribution in [0.5, 0.6) is 0 Å². The van der Waals surface area contributed by atoms with Crippen LogP contribution in [0.1, 0.15) is 28.7 Å². The highest BCUT2D eigenvalue weighted by molar-refractivity contribution is 7.14. The zero-order valence-corrected chi connectivity index (χ0v) is 16.9. The van der Waals surface area contributed by atoms with Gasteiger partial charge in [-0.05, 0) is 50.4 Å². The molecule has 7 heteroatoms. The summed E-state index contributed by atoms with van der Waals surface area (Å²) in [6.45, 7) is 6.62. The molecular formula is C20H24N4O2S. The Morgan fingerprint density at radius 1 is 1.15 bits per heavy atom. The summed E-state index contributed by atoms with van der Waals surface area (Å²) in [6.07, 6.45) is 0.245. The maximum atomic E-state index is 12.3. The second-order valence-corrected chi connectivity index (χ2v) is 7.55. The fourth-order valence-corrected chi connectivity index (χ4v) is 3.61. The quantitative estimate of drug-likeness (QED) is 0.766. The summed E-state index contributed by atoms with van der Waals surface area (Å²) < 4.78 is 0. The van der Waals surface area contributed by atoms with E-state index in [4.69, 9.17) is 5.26 Å². The molecule has 2 rings (SSSR count). The maximum absolute atomic E-state index is 12.3. The SMILES string of the molecule is Cc1cc(C)c(NC(=O)CN(C)CCC(=O)Nc2sccc2C#N)c(C)c1. The van der Waals surface area contributed by atoms with E-state index in [0.29, 0.717) is 17.1 Å². The predicted octanol–water partition coefficient (Wildman–Crippen LogP) is 3.44. The Morgan fingerprint density at radius 3 is 2.44 bits per heavy atom. The van der Waals surface area contributed by atoms with Gasteiger partial charge in [-0.3, -0.25) is 14.5 Å². The van der Waals surface area contributed by atoms with Crippen molar-refractivity contribution < 1.29 is 9.59 Å². The van der Waals surface area contributed by atoms with Gasteiger partial charge in [-0.1, -0.05) is 17.7 Å². The van der Waals surface area contributed by atoms with Crippen LogP contribution in [0.3, 0.4) is 0 Å². The van der Waals surface area contributed by atoms with E-state index in [9.17, 15) is 9.59 Å². The van der Waals surface area contributed by atoms with Crippen molar-refractivity contribution in [1.29, 1.82) is 5.26 Å². The molecule has 2 amide bonds. The van der Waals surface area contributed by atoms with Crippen molar-refractivity contribution in [2.75, 3.05) is 30.8 Å². The molecule has 0 bridgehead atoms. The predicted molar refractivity (Wildman–Crippen MR) is 109 cm³/mol. The number of amides is 2. The van der Waals surface area contributed by atoms with Crippen molar-refractivity contribution in [1.82, 2.24) is 4.90 Å². The molecule has 0 radical (unpaired) electrons. The summed E-state index contributed by atoms with van der Waals surface area (Å²) in [5, 5.41) is 17.0. The van der Waals surface area contributed by atoms with E-state index in [1.807, 2.05) is 39.0 Å². The zero-order valence-electron chi connectivity index (χ0n) is 16.0. The molecule has 0 spiro atoms. The molecule has 0 aliphatic carbocycles. The monoisotopic (exact) mass is 384 g/mol. The minimum Gasteiger partial charge on any atom is -0.324 e. The molecule has 0 atom stereocenters. The van der Waals surface area contributed by atoms with Gasteiger partial charge in [0.25, 0.3) is 0 Å². The fourth-order valence-electron chi connectivity index (χ4n) is 2.86. The number of hydrogen-bond acceptors (Lipinski definition) is 5. The molecule has 0 fully saturated rings. The third-order valence-corrected chi connectivity index (χ3v) is 4.94. The molecule has 0 aliphatic heterocycles. The standard InChI is InChI=1S/C20H24N4O2S/c1-13-9-14(2)19(15(3)10-13)22-18(26)12-24(4)7-5-17(25)23-20-16(11-21)6-8-27-20/h6,8-10H,5,7,12H2,1-4H3,(H,22,26)(H,23,25). The number of hydrogen-bond donors (Lipinski definition) is 2. The number of nitrogens with zero attached hydrogens (tertiary/aromatic N) is 2. The van der Waals surface area contributed by atoms with Crippen molar-refractivity contribution in [2.24, 2.45) is 0 Å². The van der Waals surface area contributed by atoms with Crippen LogP contribution in [-0.4, -0.2) is 36.9 Å². The highest BCUT2D eigenvalue weighted by Crippen LogP contribution is 2.23. The van der Waals surface area contributed by atoms with Crippen molar-refractivity contribution in [3.8, 4) is 6.07 Å². The smallest absolute Gasteiger partial charge is 0.238 e. The van der Waals surface area contributed by atoms with Crippen LogP contribution in [0, 0.1) is 32.1 Å². The van der Waals surface area contributed by atoms with Gasteiger partial charge < -0.3 is 10.6 Å². The average Bonchev–Trinajstić information content (AvgIpc) is 3.03. The molecule has 2 aromatic rings. The van der Waals surface area contributed by atoms with Gasteiger partial charge in [0.1, 0.15) is 11.1 Å². The fraction of sp³-hybridized carbons (Fsp3) is 0.350. The number of aryl methyl sites for hydroxylation is 3. The van der Waals surface area contributed by atoms with E-state index in [0.717, 1.165) is 22.4 Å². The Hall–Kier alpha value is -2.69. The lowest BCUT2D eigenvalue weighted by molar-refractivity contribution is -0.119. The molecule has 27 heavy (non-hydrogen) atoms. The van der Waals surface area contributed by atoms with Crippen molar-refractivity contribution >= 4 is 33.8 Å². The highest BCUT2D eigenvalue weighted by atomic mass is 32.1. The van der Waals surface area contributed by atoms with Crippen LogP contribution in [0.4, 0.5) is 10.7 Å². The lowest BCUT2D eigenvalue weighted by atomic mass is 10.1. The number of nitrogens with one attached hydrogen (secondary N) is 2. The van der Waals surface area contributed by atoms with Crippen LogP contribution < -0.4 is 10.6 Å². The van der Waals surface area contributed by atoms with Gasteiger partial charge in [0.05, 0.1) is 12.1 Å². The number of anilines is 2. The summed E-state index contributed by atoms with van der Waals surface area (Å²) in [5.74, 6) is -0.288. The Balaban J connectivity index is 1.81. The lowest BCUT2D eigenvalue weighted by Gasteiger charge is -2.18. The van der Waals surface area contributed by atoms with Crippen LogP contribution >= 0.6 is 11.3 Å². The first kappa shape index (κ1) is 20.6. The minimum absolute atomic E-state index is 0.113. The molecular weight excluding hydrogens is 360 g/mol. The van der Waals surface area contributed by atoms with E-state index in [1.165, 1.54) is 11.3 Å². The number of carbonyl (C=O) groups excluding carboxylic acids is 2. The Morgan fingerprint density at radius 2 is 1.81 bits per heavy atom. The largest absolute Gasteiger partial charge is 0.324 e. The molecule has 2 N–H and O–H groups in total. The van der Waals surface area contributed by atoms with Crippen molar-refractivity contribution in [3.05, 3.63) is 45.8 Å². The summed E-state index contributed by atoms with van der Waals surface area (Å²) in [7, 11) is 1.80. The Bertz CT molecular complexity index is 859. The third kappa shape index (κ3) is 5.91. The summed E-state index contributed by atoms with van der Waals surface area (Å²) >= 11 is 1.32. The Labute approximate surface area is 163 Å². The van der Waals surface area contributed by atoms with Crippen LogP contribution in [-0.2, 0) is 9.59 Å². The van der Waals surface area contributed by atoms with Crippen LogP contribution in [0.2, 0.25) is 0 Å². The summed E-state index contributed by atoms with van der Waals surface area (Å²) in [5.41, 5.74) is 4.54. The molecule has 1 aromatic carbocycles. The van der Waals surface area contributed by atoms with Gasteiger partial charge >= 0.3 is 0 Å². The second-order valence-electron chi connectivity index (χ2n) is 6.63. The van der Waals surface area contributed by atoms with Crippen molar-refractivity contribution in [3.63, 3.8) is 0 Å². The molecule has 0 saturated heterocycles. The van der Waals surface area contributed by atoms with Crippen LogP contribution in [0.25, 0.3) is 0 Å². The maximum Gasteiger partial charge on any atom is 0.238 e. The first-order valence-corrected chi connectivity index (χ1v) is 9.51. The van der Waals surface area contributed by atoms with Gasteiger partial charge in [-0.15, -0.1) is 11.3 Å². The molecule has 6 nitrogen and oxygen atoms in total. The molecule has 0 saturated carbocycles. The molecule has 142 valence electrons. The summed E-state index contributed by atoms with van der Waals surface area (Å²) in [6, 6.07) is 7.79. The third-order valence-electron chi connectivity index (χ3n) is 4.11. The van der Waals surface area contributed by atoms with Gasteiger partial charge in [0.2, 0.25) is 11.8 Å². The van der Waals surface area contributed by atoms with E-state index in [1.54, 1.807) is 23.4 Å². The van der Waals surface area contributed by atoms with E-state index >= 15 is 0 Å². The topological polar surface area (TPSA) is 85.2 Å². The number of benzene rings is 1. The van der Waals surface area contributed by atoms with E-state index in [2.05, 4.69) is 10.6 Å². The van der Waals surface area contributed by atoms with Gasteiger partial charge in [-0.2, -0.15) is 5.26 Å². The van der Waals surface area contributed by atoms with Crippen molar-refractivity contribution in [2.45, 2.75) is 27.2 Å². The van der Waals surface area contributed by atoms with Crippen LogP contribution in [0.15, 0.2) is 23.6 Å². The zero-order chi connectivity index (χ0) is 20.0. The first-order valence-electron chi connectivity index (χ1n) is 8.64. The van der Waals surface area contributed by atoms with Gasteiger partial charge in [0, 0.05) is 18.7 Å². The second kappa shape index (κ2) is 9.31. The van der Waals surface area contributed by atoms with E-state index in [-0.39, 0.29) is 24.8 Å². The number of nitriles is 1. The highest BCUT2D eigenvalue weighted by Gasteiger charge is 2.13. The number of carbonyl (C=O) groups is 2. The molecule has 1 aromatic heterocycles. The Kier molecular flexibility index (Phi) is 7.11. The average molecular weight is 385 g/mol. The number of thiophene rings is 1. The number of rotatable bonds is 7. The van der Waals surface area contributed by atoms with Gasteiger partial charge in [0.15, 0.2) is 0 Å². The number of likely N-dealkylation sites (N-methyl/N-ethyl adjacent to an activating group) is 1. The molecule has 1 heterocycles. The first-order chi connectivity index (χ1) is 12.8.